The van der Waals surface area contributed by atoms with Gasteiger partial charge in [-0.15, -0.1) is 0 Å². The Labute approximate surface area is 212 Å². The van der Waals surface area contributed by atoms with Gasteiger partial charge < -0.3 is 9.80 Å². The zero-order valence-electron chi connectivity index (χ0n) is 19.8. The number of anilines is 1. The summed E-state index contributed by atoms with van der Waals surface area (Å²) in [7, 11) is 0. The molecule has 0 spiro atoms. The molecule has 200 valence electrons. The summed E-state index contributed by atoms with van der Waals surface area (Å²) in [6.07, 6.45) is -2.06. The minimum absolute atomic E-state index is 0.0372. The number of hydrogen-bond donors (Lipinski definition) is 0. The van der Waals surface area contributed by atoms with E-state index in [-0.39, 0.29) is 43.4 Å². The van der Waals surface area contributed by atoms with Gasteiger partial charge in [0.05, 0.1) is 12.2 Å². The minimum atomic E-state index is -4.70. The summed E-state index contributed by atoms with van der Waals surface area (Å²) in [5, 5.41) is 8.71. The standard InChI is InChI=1S/C23H20F6N8O/c1-13-8-19(23(27,28)29)33-36(13)20-17(26)12-30-21(32-20)34-4-6-35(7-5-34)22(38)37-18(2-3-31-37)14-9-15(24)11-16(25)10-14/h3,8-12,18H,2,4-7H2,1H3/t18-/m0/s1. The lowest BCUT2D eigenvalue weighted by Crippen LogP contribution is -2.52. The molecule has 0 N–H and O–H groups in total. The first kappa shape index (κ1) is 25.5. The van der Waals surface area contributed by atoms with Crippen LogP contribution in [0.15, 0.2) is 35.6 Å². The highest BCUT2D eigenvalue weighted by molar-refractivity contribution is 5.78. The highest BCUT2D eigenvalue weighted by Gasteiger charge is 2.36. The molecule has 0 bridgehead atoms. The second kappa shape index (κ2) is 9.61. The molecule has 2 aliphatic heterocycles. The van der Waals surface area contributed by atoms with E-state index in [1.54, 1.807) is 4.90 Å². The average Bonchev–Trinajstić information content (AvgIpc) is 3.51. The Bertz CT molecular complexity index is 1380. The molecule has 2 amide bonds. The maximum atomic E-state index is 14.5. The first-order valence-corrected chi connectivity index (χ1v) is 11.5. The van der Waals surface area contributed by atoms with Crippen LogP contribution in [0.2, 0.25) is 0 Å². The molecule has 0 aliphatic carbocycles. The fraction of sp³-hybridized carbons (Fsp3) is 0.348. The number of carbonyl (C=O) groups excluding carboxylic acids is 1. The summed E-state index contributed by atoms with van der Waals surface area (Å²) in [6.45, 7) is 2.22. The van der Waals surface area contributed by atoms with Crippen LogP contribution in [0.1, 0.15) is 29.4 Å². The molecule has 4 heterocycles. The van der Waals surface area contributed by atoms with Gasteiger partial charge in [-0.25, -0.2) is 32.6 Å². The van der Waals surface area contributed by atoms with Crippen molar-refractivity contribution in [1.82, 2.24) is 29.7 Å². The number of halogens is 6. The number of carbonyl (C=O) groups is 1. The predicted octanol–water partition coefficient (Wildman–Crippen LogP) is 4.08. The molecule has 1 aromatic carbocycles. The average molecular weight is 538 g/mol. The number of nitrogens with zero attached hydrogens (tertiary/aromatic N) is 8. The van der Waals surface area contributed by atoms with Crippen molar-refractivity contribution in [2.24, 2.45) is 5.10 Å². The molecule has 2 aliphatic rings. The van der Waals surface area contributed by atoms with Gasteiger partial charge in [-0.2, -0.15) is 28.4 Å². The van der Waals surface area contributed by atoms with Crippen LogP contribution >= 0.6 is 0 Å². The van der Waals surface area contributed by atoms with Gasteiger partial charge in [-0.05, 0) is 30.7 Å². The number of hydrazone groups is 1. The van der Waals surface area contributed by atoms with Crippen molar-refractivity contribution in [3.05, 3.63) is 64.9 Å². The zero-order chi connectivity index (χ0) is 27.2. The lowest BCUT2D eigenvalue weighted by atomic mass is 10.0. The van der Waals surface area contributed by atoms with Gasteiger partial charge in [-0.3, -0.25) is 0 Å². The molecule has 15 heteroatoms. The molecular weight excluding hydrogens is 518 g/mol. The second-order valence-corrected chi connectivity index (χ2v) is 8.78. The Morgan fingerprint density at radius 2 is 1.68 bits per heavy atom. The van der Waals surface area contributed by atoms with Crippen molar-refractivity contribution >= 4 is 18.2 Å². The van der Waals surface area contributed by atoms with Crippen LogP contribution in [0.25, 0.3) is 5.82 Å². The smallest absolute Gasteiger partial charge is 0.337 e. The summed E-state index contributed by atoms with van der Waals surface area (Å²) in [4.78, 5) is 24.4. The number of urea groups is 1. The lowest BCUT2D eigenvalue weighted by molar-refractivity contribution is -0.141. The van der Waals surface area contributed by atoms with Crippen LogP contribution in [-0.4, -0.2) is 68.1 Å². The number of amides is 2. The van der Waals surface area contributed by atoms with E-state index in [0.717, 1.165) is 35.1 Å². The van der Waals surface area contributed by atoms with Gasteiger partial charge in [-0.1, -0.05) is 0 Å². The SMILES string of the molecule is Cc1cc(C(F)(F)F)nn1-c1nc(N2CCN(C(=O)N3N=CC[C@H]3c3cc(F)cc(F)c3)CC2)ncc1F. The van der Waals surface area contributed by atoms with Gasteiger partial charge in [0, 0.05) is 50.6 Å². The maximum absolute atomic E-state index is 14.5. The maximum Gasteiger partial charge on any atom is 0.435 e. The van der Waals surface area contributed by atoms with E-state index in [2.05, 4.69) is 20.2 Å². The lowest BCUT2D eigenvalue weighted by Gasteiger charge is -2.37. The molecule has 2 aromatic heterocycles. The first-order chi connectivity index (χ1) is 18.0. The molecule has 38 heavy (non-hydrogen) atoms. The van der Waals surface area contributed by atoms with Gasteiger partial charge in [0.25, 0.3) is 0 Å². The van der Waals surface area contributed by atoms with E-state index >= 15 is 0 Å². The van der Waals surface area contributed by atoms with E-state index in [1.165, 1.54) is 23.0 Å². The molecule has 1 atom stereocenters. The van der Waals surface area contributed by atoms with Crippen LogP contribution in [-0.2, 0) is 6.18 Å². The third-order valence-corrected chi connectivity index (χ3v) is 6.22. The van der Waals surface area contributed by atoms with Crippen molar-refractivity contribution in [3.8, 4) is 5.82 Å². The fourth-order valence-electron chi connectivity index (χ4n) is 4.36. The number of aryl methyl sites for hydroxylation is 1. The number of rotatable bonds is 3. The largest absolute Gasteiger partial charge is 0.435 e. The van der Waals surface area contributed by atoms with Crippen molar-refractivity contribution < 1.29 is 31.1 Å². The van der Waals surface area contributed by atoms with Crippen LogP contribution in [0.5, 0.6) is 0 Å². The Balaban J connectivity index is 1.29. The first-order valence-electron chi connectivity index (χ1n) is 11.5. The Morgan fingerprint density at radius 1 is 1.00 bits per heavy atom. The Morgan fingerprint density at radius 3 is 2.32 bits per heavy atom. The number of alkyl halides is 3. The summed E-state index contributed by atoms with van der Waals surface area (Å²) >= 11 is 0. The number of aromatic nitrogens is 4. The number of hydrogen-bond acceptors (Lipinski definition) is 6. The summed E-state index contributed by atoms with van der Waals surface area (Å²) in [5.41, 5.74) is -0.859. The van der Waals surface area contributed by atoms with E-state index in [0.29, 0.717) is 6.42 Å². The van der Waals surface area contributed by atoms with Gasteiger partial charge in [0.15, 0.2) is 17.3 Å². The van der Waals surface area contributed by atoms with Crippen LogP contribution in [0.3, 0.4) is 0 Å². The Kier molecular flexibility index (Phi) is 6.44. The van der Waals surface area contributed by atoms with E-state index in [9.17, 15) is 31.1 Å². The summed E-state index contributed by atoms with van der Waals surface area (Å²) in [5.74, 6) is -2.84. The number of benzene rings is 1. The minimum Gasteiger partial charge on any atom is -0.337 e. The topological polar surface area (TPSA) is 82.8 Å². The third-order valence-electron chi connectivity index (χ3n) is 6.22. The van der Waals surface area contributed by atoms with Crippen molar-refractivity contribution in [1.29, 1.82) is 0 Å². The van der Waals surface area contributed by atoms with Crippen LogP contribution in [0, 0.1) is 24.4 Å². The molecule has 3 aromatic rings. The van der Waals surface area contributed by atoms with Gasteiger partial charge >= 0.3 is 12.2 Å². The van der Waals surface area contributed by atoms with Crippen molar-refractivity contribution in [2.75, 3.05) is 31.1 Å². The highest BCUT2D eigenvalue weighted by atomic mass is 19.4. The van der Waals surface area contributed by atoms with E-state index < -0.39 is 47.2 Å². The molecule has 0 unspecified atom stereocenters. The van der Waals surface area contributed by atoms with Crippen LogP contribution < -0.4 is 4.90 Å². The normalized spacial score (nSPS) is 18.0. The van der Waals surface area contributed by atoms with E-state index in [1.807, 2.05) is 0 Å². The predicted molar refractivity (Wildman–Crippen MR) is 122 cm³/mol. The zero-order valence-corrected chi connectivity index (χ0v) is 19.8. The quantitative estimate of drug-likeness (QED) is 0.470. The Hall–Kier alpha value is -4.17. The molecule has 0 saturated carbocycles. The fourth-order valence-corrected chi connectivity index (χ4v) is 4.36. The summed E-state index contributed by atoms with van der Waals surface area (Å²) in [6, 6.07) is 2.73. The second-order valence-electron chi connectivity index (χ2n) is 8.78. The van der Waals surface area contributed by atoms with Crippen molar-refractivity contribution in [3.63, 3.8) is 0 Å². The number of piperazine rings is 1. The van der Waals surface area contributed by atoms with Gasteiger partial charge in [0.1, 0.15) is 11.6 Å². The van der Waals surface area contributed by atoms with Crippen LogP contribution in [0.4, 0.5) is 37.1 Å². The summed E-state index contributed by atoms with van der Waals surface area (Å²) < 4.78 is 81.8. The molecule has 1 fully saturated rings. The van der Waals surface area contributed by atoms with Gasteiger partial charge in [0.2, 0.25) is 5.95 Å². The van der Waals surface area contributed by atoms with Crippen molar-refractivity contribution in [2.45, 2.75) is 25.6 Å². The molecule has 9 nitrogen and oxygen atoms in total. The third kappa shape index (κ3) is 4.87. The molecule has 5 rings (SSSR count). The highest BCUT2D eigenvalue weighted by Crippen LogP contribution is 2.31. The molecular formula is C23H20F6N8O. The monoisotopic (exact) mass is 538 g/mol. The van der Waals surface area contributed by atoms with E-state index in [4.69, 9.17) is 0 Å². The molecule has 1 saturated heterocycles. The molecule has 0 radical (unpaired) electrons.